The molecule has 0 heterocycles. The quantitative estimate of drug-likeness (QED) is 0.667. The van der Waals surface area contributed by atoms with E-state index in [0.29, 0.717) is 5.69 Å². The zero-order valence-corrected chi connectivity index (χ0v) is 11.3. The fourth-order valence-electron chi connectivity index (χ4n) is 1.61. The van der Waals surface area contributed by atoms with Crippen molar-refractivity contribution < 1.29 is 9.59 Å². The van der Waals surface area contributed by atoms with Crippen molar-refractivity contribution in [2.24, 2.45) is 17.2 Å². The zero-order chi connectivity index (χ0) is 13.7. The molecule has 1 aromatic carbocycles. The third-order valence-electron chi connectivity index (χ3n) is 2.30. The first-order valence-corrected chi connectivity index (χ1v) is 6.03. The summed E-state index contributed by atoms with van der Waals surface area (Å²) in [5, 5.41) is 0. The molecule has 0 saturated heterocycles. The van der Waals surface area contributed by atoms with Gasteiger partial charge in [-0.05, 0) is 17.7 Å². The maximum absolute atomic E-state index is 11.0. The minimum atomic E-state index is -0.542. The summed E-state index contributed by atoms with van der Waals surface area (Å²) in [7, 11) is 0. The van der Waals surface area contributed by atoms with Gasteiger partial charge in [0.2, 0.25) is 11.8 Å². The summed E-state index contributed by atoms with van der Waals surface area (Å²) < 4.78 is 0.814. The van der Waals surface area contributed by atoms with Crippen molar-refractivity contribution in [3.8, 4) is 0 Å². The lowest BCUT2D eigenvalue weighted by molar-refractivity contribution is -0.117. The van der Waals surface area contributed by atoms with Gasteiger partial charge in [-0.3, -0.25) is 9.59 Å². The van der Waals surface area contributed by atoms with E-state index < -0.39 is 11.8 Å². The molecule has 18 heavy (non-hydrogen) atoms. The van der Waals surface area contributed by atoms with Crippen molar-refractivity contribution >= 4 is 33.4 Å². The molecule has 0 aromatic heterocycles. The summed E-state index contributed by atoms with van der Waals surface area (Å²) in [6, 6.07) is 5.42. The number of nitrogens with zero attached hydrogens (tertiary/aromatic N) is 1. The van der Waals surface area contributed by atoms with Gasteiger partial charge in [0.1, 0.15) is 0 Å². The standard InChI is InChI=1S/C11H15BrN4O2/c12-8-2-1-7(4-13)9(3-8)16(5-10(14)17)6-11(15)18/h1-3H,4-6,13H2,(H2,14,17)(H2,15,18). The van der Waals surface area contributed by atoms with Crippen LogP contribution in [0.4, 0.5) is 5.69 Å². The summed E-state index contributed by atoms with van der Waals surface area (Å²) in [5.41, 5.74) is 17.4. The molecule has 0 bridgehead atoms. The van der Waals surface area contributed by atoms with Crippen molar-refractivity contribution in [2.75, 3.05) is 18.0 Å². The lowest BCUT2D eigenvalue weighted by atomic mass is 10.1. The monoisotopic (exact) mass is 314 g/mol. The molecule has 0 spiro atoms. The molecule has 6 nitrogen and oxygen atoms in total. The number of primary amides is 2. The highest BCUT2D eigenvalue weighted by molar-refractivity contribution is 9.10. The molecule has 98 valence electrons. The molecule has 0 saturated carbocycles. The minimum Gasteiger partial charge on any atom is -0.368 e. The maximum atomic E-state index is 11.0. The molecule has 0 atom stereocenters. The zero-order valence-electron chi connectivity index (χ0n) is 9.73. The van der Waals surface area contributed by atoms with Gasteiger partial charge in [0.15, 0.2) is 0 Å². The SMILES string of the molecule is NCc1ccc(Br)cc1N(CC(N)=O)CC(N)=O. The Morgan fingerprint density at radius 1 is 1.17 bits per heavy atom. The smallest absolute Gasteiger partial charge is 0.236 e. The summed E-state index contributed by atoms with van der Waals surface area (Å²) in [5.74, 6) is -1.08. The molecular formula is C11H15BrN4O2. The summed E-state index contributed by atoms with van der Waals surface area (Å²) in [4.78, 5) is 23.6. The molecule has 7 heteroatoms. The Labute approximate surface area is 113 Å². The van der Waals surface area contributed by atoms with Crippen LogP contribution in [-0.4, -0.2) is 24.9 Å². The second kappa shape index (κ2) is 6.36. The Morgan fingerprint density at radius 2 is 1.72 bits per heavy atom. The molecule has 1 aromatic rings. The van der Waals surface area contributed by atoms with Crippen molar-refractivity contribution in [3.05, 3.63) is 28.2 Å². The van der Waals surface area contributed by atoms with E-state index in [1.165, 1.54) is 4.90 Å². The lowest BCUT2D eigenvalue weighted by Crippen LogP contribution is -2.40. The Bertz CT molecular complexity index is 448. The fraction of sp³-hybridized carbons (Fsp3) is 0.273. The van der Waals surface area contributed by atoms with Gasteiger partial charge < -0.3 is 22.1 Å². The van der Waals surface area contributed by atoms with Gasteiger partial charge in [-0.15, -0.1) is 0 Å². The average molecular weight is 315 g/mol. The minimum absolute atomic E-state index is 0.0909. The number of amides is 2. The van der Waals surface area contributed by atoms with Crippen molar-refractivity contribution in [3.63, 3.8) is 0 Å². The van der Waals surface area contributed by atoms with Crippen LogP contribution in [0.15, 0.2) is 22.7 Å². The predicted molar refractivity (Wildman–Crippen MR) is 72.6 cm³/mol. The van der Waals surface area contributed by atoms with E-state index in [-0.39, 0.29) is 19.6 Å². The normalized spacial score (nSPS) is 10.1. The van der Waals surface area contributed by atoms with E-state index in [0.717, 1.165) is 10.0 Å². The highest BCUT2D eigenvalue weighted by Gasteiger charge is 2.15. The molecule has 0 unspecified atom stereocenters. The second-order valence-electron chi connectivity index (χ2n) is 3.77. The molecule has 1 rings (SSSR count). The number of anilines is 1. The number of nitrogens with two attached hydrogens (primary N) is 3. The summed E-state index contributed by atoms with van der Waals surface area (Å²) >= 11 is 3.33. The average Bonchev–Trinajstić information content (AvgIpc) is 2.26. The first-order chi connectivity index (χ1) is 8.43. The first-order valence-electron chi connectivity index (χ1n) is 5.24. The van der Waals surface area contributed by atoms with Crippen LogP contribution in [0.5, 0.6) is 0 Å². The molecule has 0 radical (unpaired) electrons. The van der Waals surface area contributed by atoms with Crippen LogP contribution in [0.1, 0.15) is 5.56 Å². The Balaban J connectivity index is 3.13. The molecule has 2 amide bonds. The van der Waals surface area contributed by atoms with Crippen LogP contribution < -0.4 is 22.1 Å². The van der Waals surface area contributed by atoms with Crippen LogP contribution in [0.2, 0.25) is 0 Å². The highest BCUT2D eigenvalue weighted by atomic mass is 79.9. The fourth-order valence-corrected chi connectivity index (χ4v) is 1.96. The third kappa shape index (κ3) is 4.01. The van der Waals surface area contributed by atoms with Crippen LogP contribution in [0, 0.1) is 0 Å². The molecular weight excluding hydrogens is 300 g/mol. The summed E-state index contributed by atoms with van der Waals surface area (Å²) in [6.07, 6.45) is 0. The number of hydrogen-bond donors (Lipinski definition) is 3. The number of halogens is 1. The lowest BCUT2D eigenvalue weighted by Gasteiger charge is -2.24. The van der Waals surface area contributed by atoms with Crippen LogP contribution in [0.3, 0.4) is 0 Å². The number of rotatable bonds is 6. The van der Waals surface area contributed by atoms with Crippen LogP contribution >= 0.6 is 15.9 Å². The van der Waals surface area contributed by atoms with E-state index >= 15 is 0 Å². The third-order valence-corrected chi connectivity index (χ3v) is 2.79. The van der Waals surface area contributed by atoms with Crippen LogP contribution in [0.25, 0.3) is 0 Å². The summed E-state index contributed by atoms with van der Waals surface area (Å²) in [6.45, 7) is 0.107. The Hall–Kier alpha value is -1.60. The van der Waals surface area contributed by atoms with Gasteiger partial charge in [0.05, 0.1) is 13.1 Å². The molecule has 0 aliphatic rings. The number of hydrogen-bond acceptors (Lipinski definition) is 4. The van der Waals surface area contributed by atoms with Crippen molar-refractivity contribution in [2.45, 2.75) is 6.54 Å². The van der Waals surface area contributed by atoms with E-state index in [4.69, 9.17) is 17.2 Å². The molecule has 6 N–H and O–H groups in total. The molecule has 0 aliphatic heterocycles. The highest BCUT2D eigenvalue weighted by Crippen LogP contribution is 2.24. The molecule has 0 fully saturated rings. The van der Waals surface area contributed by atoms with Crippen molar-refractivity contribution in [1.29, 1.82) is 0 Å². The van der Waals surface area contributed by atoms with Gasteiger partial charge in [-0.1, -0.05) is 22.0 Å². The largest absolute Gasteiger partial charge is 0.368 e. The van der Waals surface area contributed by atoms with Crippen LogP contribution in [-0.2, 0) is 16.1 Å². The predicted octanol–water partition coefficient (Wildman–Crippen LogP) is -0.315. The van der Waals surface area contributed by atoms with Gasteiger partial charge in [-0.2, -0.15) is 0 Å². The van der Waals surface area contributed by atoms with E-state index in [9.17, 15) is 9.59 Å². The van der Waals surface area contributed by atoms with E-state index in [1.807, 2.05) is 12.1 Å². The van der Waals surface area contributed by atoms with Gasteiger partial charge in [-0.25, -0.2) is 0 Å². The number of carbonyl (C=O) groups excluding carboxylic acids is 2. The van der Waals surface area contributed by atoms with E-state index in [1.54, 1.807) is 6.07 Å². The molecule has 0 aliphatic carbocycles. The second-order valence-corrected chi connectivity index (χ2v) is 4.68. The maximum Gasteiger partial charge on any atom is 0.236 e. The first kappa shape index (κ1) is 14.5. The van der Waals surface area contributed by atoms with Gasteiger partial charge in [0.25, 0.3) is 0 Å². The topological polar surface area (TPSA) is 115 Å². The van der Waals surface area contributed by atoms with Gasteiger partial charge in [0, 0.05) is 16.7 Å². The Morgan fingerprint density at radius 3 is 2.17 bits per heavy atom. The number of carbonyl (C=O) groups is 2. The Kier molecular flexibility index (Phi) is 5.11. The van der Waals surface area contributed by atoms with Crippen molar-refractivity contribution in [1.82, 2.24) is 0 Å². The van der Waals surface area contributed by atoms with E-state index in [2.05, 4.69) is 15.9 Å². The number of benzene rings is 1. The van der Waals surface area contributed by atoms with Gasteiger partial charge >= 0.3 is 0 Å².